The van der Waals surface area contributed by atoms with Crippen LogP contribution in [-0.2, 0) is 9.84 Å². The van der Waals surface area contributed by atoms with Crippen molar-refractivity contribution in [1.29, 1.82) is 0 Å². The number of hydrogen-bond acceptors (Lipinski definition) is 3. The van der Waals surface area contributed by atoms with Gasteiger partial charge in [0.15, 0.2) is 0 Å². The third kappa shape index (κ3) is 1.63. The summed E-state index contributed by atoms with van der Waals surface area (Å²) in [6.07, 6.45) is 3.18. The predicted octanol–water partition coefficient (Wildman–Crippen LogP) is 2.62. The average Bonchev–Trinajstić information content (AvgIpc) is 2.51. The fraction of sp³-hybridized carbons (Fsp3) is 0.333. The molecule has 0 spiro atoms. The third-order valence-corrected chi connectivity index (χ3v) is 4.61. The molecule has 1 heterocycles. The first kappa shape index (κ1) is 11.2. The van der Waals surface area contributed by atoms with Gasteiger partial charge in [-0.3, -0.25) is 0 Å². The highest BCUT2D eigenvalue weighted by Crippen LogP contribution is 2.36. The summed E-state index contributed by atoms with van der Waals surface area (Å²) in [6, 6.07) is 5.15. The lowest BCUT2D eigenvalue weighted by Gasteiger charge is -2.04. The van der Waals surface area contributed by atoms with E-state index in [2.05, 4.69) is 0 Å². The minimum atomic E-state index is -3.26. The first-order valence-corrected chi connectivity index (χ1v) is 6.71. The van der Waals surface area contributed by atoms with Crippen LogP contribution >= 0.6 is 0 Å². The highest BCUT2D eigenvalue weighted by Gasteiger charge is 2.28. The maximum atomic E-state index is 12.1. The number of hydrogen-bond donors (Lipinski definition) is 0. The molecule has 0 atom stereocenters. The lowest BCUT2D eigenvalue weighted by Crippen LogP contribution is -2.00. The van der Waals surface area contributed by atoms with Gasteiger partial charge in [0, 0.05) is 4.91 Å². The normalized spacial score (nSPS) is 16.8. The third-order valence-electron chi connectivity index (χ3n) is 2.67. The zero-order valence-corrected chi connectivity index (χ0v) is 10.2. The second kappa shape index (κ2) is 3.94. The Labute approximate surface area is 95.7 Å². The summed E-state index contributed by atoms with van der Waals surface area (Å²) in [5, 5.41) is 0. The molecule has 1 aromatic carbocycles. The molecule has 0 saturated heterocycles. The quantitative estimate of drug-likeness (QED) is 0.813. The van der Waals surface area contributed by atoms with Gasteiger partial charge in [0.05, 0.1) is 12.0 Å². The van der Waals surface area contributed by atoms with E-state index in [4.69, 9.17) is 4.74 Å². The van der Waals surface area contributed by atoms with E-state index in [-0.39, 0.29) is 0 Å². The van der Waals surface area contributed by atoms with Crippen LogP contribution in [0.5, 0.6) is 5.75 Å². The van der Waals surface area contributed by atoms with Crippen molar-refractivity contribution in [2.24, 2.45) is 0 Å². The van der Waals surface area contributed by atoms with Gasteiger partial charge in [-0.15, -0.1) is 0 Å². The number of rotatable bonds is 3. The van der Waals surface area contributed by atoms with E-state index >= 15 is 0 Å². The van der Waals surface area contributed by atoms with Crippen molar-refractivity contribution < 1.29 is 13.2 Å². The van der Waals surface area contributed by atoms with Gasteiger partial charge in [-0.1, -0.05) is 13.3 Å². The summed E-state index contributed by atoms with van der Waals surface area (Å²) in [6.45, 7) is 1.97. The minimum absolute atomic E-state index is 0.371. The second-order valence-corrected chi connectivity index (χ2v) is 5.74. The molecule has 0 radical (unpaired) electrons. The molecule has 1 aliphatic heterocycles. The molecule has 2 rings (SSSR count). The topological polar surface area (TPSA) is 43.4 Å². The van der Waals surface area contributed by atoms with Crippen molar-refractivity contribution >= 4 is 15.9 Å². The van der Waals surface area contributed by atoms with Crippen LogP contribution in [0.4, 0.5) is 0 Å². The Morgan fingerprint density at radius 3 is 2.69 bits per heavy atom. The largest absolute Gasteiger partial charge is 0.497 e. The van der Waals surface area contributed by atoms with Crippen molar-refractivity contribution in [2.75, 3.05) is 7.11 Å². The number of benzene rings is 1. The molecule has 0 bridgehead atoms. The van der Waals surface area contributed by atoms with Crippen LogP contribution in [0.3, 0.4) is 0 Å². The summed E-state index contributed by atoms with van der Waals surface area (Å²) in [5.74, 6) is 0.577. The molecule has 1 aromatic rings. The Morgan fingerprint density at radius 1 is 1.31 bits per heavy atom. The molecule has 0 fully saturated rings. The molecule has 0 unspecified atom stereocenters. The number of sulfone groups is 1. The lowest BCUT2D eigenvalue weighted by atomic mass is 10.2. The number of methoxy groups -OCH3 is 1. The van der Waals surface area contributed by atoms with E-state index < -0.39 is 9.84 Å². The summed E-state index contributed by atoms with van der Waals surface area (Å²) in [4.78, 5) is 0.883. The van der Waals surface area contributed by atoms with Crippen LogP contribution in [-0.4, -0.2) is 15.5 Å². The number of allylic oxidation sites excluding steroid dienone is 1. The Kier molecular flexibility index (Phi) is 2.76. The molecule has 3 nitrogen and oxygen atoms in total. The van der Waals surface area contributed by atoms with Gasteiger partial charge >= 0.3 is 0 Å². The summed E-state index contributed by atoms with van der Waals surface area (Å²) in [7, 11) is -1.73. The van der Waals surface area contributed by atoms with Crippen molar-refractivity contribution in [3.05, 3.63) is 28.7 Å². The molecule has 0 aromatic heterocycles. The minimum Gasteiger partial charge on any atom is -0.497 e. The maximum Gasteiger partial charge on any atom is 0.203 e. The Bertz CT molecular complexity index is 541. The first-order valence-electron chi connectivity index (χ1n) is 5.23. The van der Waals surface area contributed by atoms with E-state index in [0.717, 1.165) is 12.0 Å². The maximum absolute atomic E-state index is 12.1. The van der Waals surface area contributed by atoms with Crippen molar-refractivity contribution in [2.45, 2.75) is 24.7 Å². The molecular formula is C12H14O3S. The number of fused-ring (bicyclic) bond motifs is 1. The van der Waals surface area contributed by atoms with Crippen LogP contribution in [0.25, 0.3) is 6.08 Å². The van der Waals surface area contributed by atoms with E-state index in [9.17, 15) is 8.42 Å². The average molecular weight is 238 g/mol. The highest BCUT2D eigenvalue weighted by molar-refractivity contribution is 7.95. The van der Waals surface area contributed by atoms with E-state index in [1.54, 1.807) is 24.3 Å². The fourth-order valence-corrected chi connectivity index (χ4v) is 3.58. The SMILES string of the molecule is CCCC1=Cc2ccc(OC)cc2S1(=O)=O. The summed E-state index contributed by atoms with van der Waals surface area (Å²) >= 11 is 0. The van der Waals surface area contributed by atoms with Crippen LogP contribution in [0, 0.1) is 0 Å². The molecular weight excluding hydrogens is 224 g/mol. The monoisotopic (exact) mass is 238 g/mol. The zero-order chi connectivity index (χ0) is 11.8. The molecule has 0 N–H and O–H groups in total. The summed E-state index contributed by atoms with van der Waals surface area (Å²) < 4.78 is 29.3. The number of ether oxygens (including phenoxy) is 1. The van der Waals surface area contributed by atoms with Crippen molar-refractivity contribution in [1.82, 2.24) is 0 Å². The first-order chi connectivity index (χ1) is 7.59. The molecule has 16 heavy (non-hydrogen) atoms. The Balaban J connectivity index is 2.53. The van der Waals surface area contributed by atoms with Gasteiger partial charge in [-0.25, -0.2) is 8.42 Å². The predicted molar refractivity (Wildman–Crippen MR) is 63.1 cm³/mol. The standard InChI is InChI=1S/C12H14O3S/c1-3-4-11-7-9-5-6-10(15-2)8-12(9)16(11,13)14/h5-8H,3-4H2,1-2H3. The van der Waals surface area contributed by atoms with E-state index in [0.29, 0.717) is 22.0 Å². The Hall–Kier alpha value is -1.29. The molecule has 86 valence electrons. The highest BCUT2D eigenvalue weighted by atomic mass is 32.2. The fourth-order valence-electron chi connectivity index (χ4n) is 1.84. The molecule has 4 heteroatoms. The molecule has 0 amide bonds. The van der Waals surface area contributed by atoms with Gasteiger partial charge < -0.3 is 4.74 Å². The van der Waals surface area contributed by atoms with Gasteiger partial charge in [-0.05, 0) is 36.3 Å². The lowest BCUT2D eigenvalue weighted by molar-refractivity contribution is 0.413. The van der Waals surface area contributed by atoms with Gasteiger partial charge in [0.1, 0.15) is 5.75 Å². The van der Waals surface area contributed by atoms with Crippen LogP contribution < -0.4 is 4.74 Å². The molecule has 0 saturated carbocycles. The molecule has 1 aliphatic rings. The molecule has 0 aliphatic carbocycles. The van der Waals surface area contributed by atoms with E-state index in [1.807, 2.05) is 6.92 Å². The van der Waals surface area contributed by atoms with Gasteiger partial charge in [-0.2, -0.15) is 0 Å². The zero-order valence-electron chi connectivity index (χ0n) is 9.36. The Morgan fingerprint density at radius 2 is 2.06 bits per heavy atom. The van der Waals surface area contributed by atoms with E-state index in [1.165, 1.54) is 7.11 Å². The van der Waals surface area contributed by atoms with Crippen molar-refractivity contribution in [3.63, 3.8) is 0 Å². The van der Waals surface area contributed by atoms with Crippen molar-refractivity contribution in [3.8, 4) is 5.75 Å². The summed E-state index contributed by atoms with van der Waals surface area (Å²) in [5.41, 5.74) is 0.768. The van der Waals surface area contributed by atoms with Crippen LogP contribution in [0.15, 0.2) is 28.0 Å². The van der Waals surface area contributed by atoms with Gasteiger partial charge in [0.25, 0.3) is 0 Å². The van der Waals surface area contributed by atoms with Gasteiger partial charge in [0.2, 0.25) is 9.84 Å². The van der Waals surface area contributed by atoms with Crippen LogP contribution in [0.2, 0.25) is 0 Å². The second-order valence-electron chi connectivity index (χ2n) is 3.77. The van der Waals surface area contributed by atoms with Crippen LogP contribution in [0.1, 0.15) is 25.3 Å². The smallest absolute Gasteiger partial charge is 0.203 e.